The monoisotopic (exact) mass is 421 g/mol. The van der Waals surface area contributed by atoms with Gasteiger partial charge in [-0.1, -0.05) is 44.4 Å². The quantitative estimate of drug-likeness (QED) is 0.446. The van der Waals surface area contributed by atoms with Gasteiger partial charge in [0.05, 0.1) is 24.3 Å². The molecule has 0 aromatic heterocycles. The van der Waals surface area contributed by atoms with Crippen molar-refractivity contribution in [3.05, 3.63) is 52.6 Å². The molecule has 0 radical (unpaired) electrons. The molecule has 3 amide bonds. The minimum absolute atomic E-state index is 0.190. The Hall–Kier alpha value is -3.07. The van der Waals surface area contributed by atoms with Crippen LogP contribution in [0.3, 0.4) is 0 Å². The van der Waals surface area contributed by atoms with Gasteiger partial charge in [-0.3, -0.25) is 10.1 Å². The number of thioether (sulfide) groups is 1. The summed E-state index contributed by atoms with van der Waals surface area (Å²) in [6.45, 7) is 8.87. The molecule has 2 N–H and O–H groups in total. The fourth-order valence-corrected chi connectivity index (χ4v) is 4.91. The van der Waals surface area contributed by atoms with E-state index >= 15 is 0 Å². The van der Waals surface area contributed by atoms with Gasteiger partial charge in [-0.15, -0.1) is 17.5 Å². The van der Waals surface area contributed by atoms with E-state index in [1.165, 1.54) is 0 Å². The van der Waals surface area contributed by atoms with E-state index in [0.717, 1.165) is 27.5 Å². The van der Waals surface area contributed by atoms with Gasteiger partial charge in [0.15, 0.2) is 0 Å². The predicted octanol–water partition coefficient (Wildman–Crippen LogP) is 2.87. The Kier molecular flexibility index (Phi) is 5.15. The maximum atomic E-state index is 12.8. The number of methoxy groups -OCH3 is 1. The first-order valence-corrected chi connectivity index (χ1v) is 10.6. The third-order valence-corrected chi connectivity index (χ3v) is 6.95. The Labute approximate surface area is 180 Å². The van der Waals surface area contributed by atoms with Crippen molar-refractivity contribution in [2.45, 2.75) is 31.2 Å². The SMILES string of the molecule is C=C=C1c2cc(OC)ccc2CN1C[C@@]1(C#CC2=CC(C)C(C)S2)NC(=O)NC1=O. The molecular weight excluding hydrogens is 398 g/mol. The normalized spacial score (nSPS) is 27.0. The van der Waals surface area contributed by atoms with E-state index in [2.05, 4.69) is 54.7 Å². The summed E-state index contributed by atoms with van der Waals surface area (Å²) in [5.74, 6) is 6.91. The third-order valence-electron chi connectivity index (χ3n) is 5.65. The van der Waals surface area contributed by atoms with Crippen molar-refractivity contribution in [1.29, 1.82) is 0 Å². The van der Waals surface area contributed by atoms with Crippen LogP contribution in [0.5, 0.6) is 5.75 Å². The largest absolute Gasteiger partial charge is 0.497 e. The van der Waals surface area contributed by atoms with Crippen molar-refractivity contribution in [2.75, 3.05) is 13.7 Å². The molecular formula is C23H23N3O3S. The molecule has 3 aliphatic rings. The molecule has 0 aliphatic carbocycles. The number of hydrogen-bond donors (Lipinski definition) is 2. The van der Waals surface area contributed by atoms with Gasteiger partial charge in [0, 0.05) is 17.4 Å². The average molecular weight is 422 g/mol. The second kappa shape index (κ2) is 7.64. The van der Waals surface area contributed by atoms with Gasteiger partial charge in [0.1, 0.15) is 5.75 Å². The van der Waals surface area contributed by atoms with Crippen LogP contribution in [-0.4, -0.2) is 41.3 Å². The van der Waals surface area contributed by atoms with Crippen LogP contribution in [0.25, 0.3) is 5.70 Å². The zero-order chi connectivity index (χ0) is 21.5. The number of allylic oxidation sites excluding steroid dienone is 2. The maximum absolute atomic E-state index is 12.8. The zero-order valence-corrected chi connectivity index (χ0v) is 18.0. The summed E-state index contributed by atoms with van der Waals surface area (Å²) in [7, 11) is 1.62. The number of rotatable bonds is 3. The topological polar surface area (TPSA) is 70.7 Å². The highest BCUT2D eigenvalue weighted by atomic mass is 32.2. The molecule has 1 aromatic carbocycles. The lowest BCUT2D eigenvalue weighted by atomic mass is 9.99. The number of imide groups is 1. The molecule has 154 valence electrons. The standard InChI is InChI=1S/C23H23N3O3S/c1-5-20-19-11-17(29-4)7-6-16(19)12-26(20)13-23(21(27)24-22(28)25-23)9-8-18-10-14(2)15(3)30-18/h6-7,10-11,14-15H,1,12-13H2,2-4H3,(H2,24,25,27,28)/t14?,15?,23-/m1/s1. The summed E-state index contributed by atoms with van der Waals surface area (Å²) in [5, 5.41) is 5.52. The molecule has 2 unspecified atom stereocenters. The Morgan fingerprint density at radius 2 is 2.17 bits per heavy atom. The van der Waals surface area contributed by atoms with Crippen LogP contribution < -0.4 is 15.4 Å². The van der Waals surface area contributed by atoms with E-state index in [4.69, 9.17) is 4.74 Å². The summed E-state index contributed by atoms with van der Waals surface area (Å²) >= 11 is 1.69. The molecule has 1 aromatic rings. The van der Waals surface area contributed by atoms with Crippen LogP contribution in [0.1, 0.15) is 25.0 Å². The van der Waals surface area contributed by atoms with Crippen LogP contribution in [0.2, 0.25) is 0 Å². The van der Waals surface area contributed by atoms with Gasteiger partial charge in [0.25, 0.3) is 5.91 Å². The van der Waals surface area contributed by atoms with Crippen LogP contribution in [0, 0.1) is 17.8 Å². The third kappa shape index (κ3) is 3.49. The fraction of sp³-hybridized carbons (Fsp3) is 0.348. The molecule has 0 bridgehead atoms. The molecule has 0 spiro atoms. The number of ether oxygens (including phenoxy) is 1. The number of nitrogens with one attached hydrogen (secondary N) is 2. The van der Waals surface area contributed by atoms with Gasteiger partial charge in [-0.2, -0.15) is 0 Å². The van der Waals surface area contributed by atoms with E-state index in [-0.39, 0.29) is 6.54 Å². The lowest BCUT2D eigenvalue weighted by Gasteiger charge is -2.28. The van der Waals surface area contributed by atoms with Crippen molar-refractivity contribution in [3.63, 3.8) is 0 Å². The van der Waals surface area contributed by atoms with Crippen LogP contribution in [-0.2, 0) is 11.3 Å². The Morgan fingerprint density at radius 1 is 1.37 bits per heavy atom. The smallest absolute Gasteiger partial charge is 0.323 e. The first-order valence-electron chi connectivity index (χ1n) is 9.73. The molecule has 3 heterocycles. The van der Waals surface area contributed by atoms with E-state index in [1.54, 1.807) is 18.9 Å². The van der Waals surface area contributed by atoms with E-state index in [9.17, 15) is 9.59 Å². The number of nitrogens with zero attached hydrogens (tertiary/aromatic N) is 1. The Bertz CT molecular complexity index is 1080. The highest BCUT2D eigenvalue weighted by Gasteiger charge is 2.47. The molecule has 7 heteroatoms. The van der Waals surface area contributed by atoms with Gasteiger partial charge in [0.2, 0.25) is 5.54 Å². The highest BCUT2D eigenvalue weighted by Crippen LogP contribution is 2.37. The summed E-state index contributed by atoms with van der Waals surface area (Å²) in [6, 6.07) is 5.28. The highest BCUT2D eigenvalue weighted by molar-refractivity contribution is 8.04. The van der Waals surface area contributed by atoms with Crippen LogP contribution in [0.4, 0.5) is 4.79 Å². The number of fused-ring (bicyclic) bond motifs is 1. The number of amides is 3. The van der Waals surface area contributed by atoms with Crippen molar-refractivity contribution >= 4 is 29.4 Å². The summed E-state index contributed by atoms with van der Waals surface area (Å²) in [6.07, 6.45) is 2.11. The second-order valence-corrected chi connectivity index (χ2v) is 9.10. The maximum Gasteiger partial charge on any atom is 0.323 e. The first-order chi connectivity index (χ1) is 14.3. The van der Waals surface area contributed by atoms with Crippen molar-refractivity contribution in [3.8, 4) is 17.6 Å². The molecule has 6 nitrogen and oxygen atoms in total. The lowest BCUT2D eigenvalue weighted by molar-refractivity contribution is -0.122. The predicted molar refractivity (Wildman–Crippen MR) is 117 cm³/mol. The molecule has 3 aliphatic heterocycles. The number of carbonyl (C=O) groups is 2. The molecule has 1 fully saturated rings. The molecule has 3 atom stereocenters. The average Bonchev–Trinajstić information content (AvgIpc) is 3.32. The summed E-state index contributed by atoms with van der Waals surface area (Å²) in [4.78, 5) is 27.7. The van der Waals surface area contributed by atoms with Crippen molar-refractivity contribution in [2.24, 2.45) is 5.92 Å². The van der Waals surface area contributed by atoms with E-state index in [0.29, 0.717) is 17.7 Å². The van der Waals surface area contributed by atoms with Crippen molar-refractivity contribution in [1.82, 2.24) is 15.5 Å². The van der Waals surface area contributed by atoms with E-state index < -0.39 is 17.5 Å². The summed E-state index contributed by atoms with van der Waals surface area (Å²) in [5.41, 5.74) is 4.42. The fourth-order valence-electron chi connectivity index (χ4n) is 3.82. The van der Waals surface area contributed by atoms with Crippen LogP contribution >= 0.6 is 11.8 Å². The number of benzene rings is 1. The Morgan fingerprint density at radius 3 is 2.77 bits per heavy atom. The minimum atomic E-state index is -1.35. The molecule has 0 saturated carbocycles. The molecule has 4 rings (SSSR count). The number of carbonyl (C=O) groups excluding carboxylic acids is 2. The Balaban J connectivity index is 1.66. The summed E-state index contributed by atoms with van der Waals surface area (Å²) < 4.78 is 5.33. The van der Waals surface area contributed by atoms with Gasteiger partial charge >= 0.3 is 6.03 Å². The molecule has 1 saturated heterocycles. The second-order valence-electron chi connectivity index (χ2n) is 7.68. The minimum Gasteiger partial charge on any atom is -0.497 e. The van der Waals surface area contributed by atoms with Gasteiger partial charge in [-0.25, -0.2) is 4.79 Å². The molecule has 30 heavy (non-hydrogen) atoms. The van der Waals surface area contributed by atoms with Crippen molar-refractivity contribution < 1.29 is 14.3 Å². The zero-order valence-electron chi connectivity index (χ0n) is 17.2. The lowest BCUT2D eigenvalue weighted by Crippen LogP contribution is -2.53. The van der Waals surface area contributed by atoms with E-state index in [1.807, 2.05) is 23.1 Å². The van der Waals surface area contributed by atoms with Gasteiger partial charge < -0.3 is 15.0 Å². The first kappa shape index (κ1) is 20.2. The number of hydrogen-bond acceptors (Lipinski definition) is 5. The number of urea groups is 1. The van der Waals surface area contributed by atoms with Gasteiger partial charge in [-0.05, 0) is 23.6 Å². The van der Waals surface area contributed by atoms with Crippen LogP contribution in [0.15, 0.2) is 41.5 Å².